The van der Waals surface area contributed by atoms with Gasteiger partial charge in [0.2, 0.25) is 5.43 Å². The molecule has 0 spiro atoms. The van der Waals surface area contributed by atoms with E-state index in [0.717, 1.165) is 24.1 Å². The molecule has 1 aliphatic carbocycles. The summed E-state index contributed by atoms with van der Waals surface area (Å²) in [5.74, 6) is -1.83. The van der Waals surface area contributed by atoms with Crippen molar-refractivity contribution in [1.29, 1.82) is 0 Å². The third kappa shape index (κ3) is 4.68. The summed E-state index contributed by atoms with van der Waals surface area (Å²) in [7, 11) is 1.50. The molecule has 10 heteroatoms. The molecule has 1 saturated carbocycles. The number of aromatic nitrogens is 1. The van der Waals surface area contributed by atoms with Crippen molar-refractivity contribution in [2.24, 2.45) is 5.16 Å². The second-order valence-corrected chi connectivity index (χ2v) is 9.51. The number of hydrogen-bond donors (Lipinski definition) is 1. The van der Waals surface area contributed by atoms with E-state index >= 15 is 4.39 Å². The molecule has 0 unspecified atom stereocenters. The number of carboxylic acids is 1. The number of rotatable bonds is 7. The monoisotopic (exact) mass is 512 g/mol. The minimum atomic E-state index is -1.30. The van der Waals surface area contributed by atoms with Crippen molar-refractivity contribution in [2.75, 3.05) is 44.7 Å². The van der Waals surface area contributed by atoms with Crippen molar-refractivity contribution in [3.63, 3.8) is 0 Å². The zero-order chi connectivity index (χ0) is 25.4. The van der Waals surface area contributed by atoms with Gasteiger partial charge in [0.15, 0.2) is 0 Å². The van der Waals surface area contributed by atoms with Gasteiger partial charge < -0.3 is 19.4 Å². The lowest BCUT2D eigenvalue weighted by molar-refractivity contribution is 0.0695. The van der Waals surface area contributed by atoms with Crippen LogP contribution in [0.3, 0.4) is 0 Å². The first-order valence-corrected chi connectivity index (χ1v) is 12.2. The first-order valence-electron chi connectivity index (χ1n) is 11.8. The number of carboxylic acid groups (broad SMARTS) is 1. The number of nitrogens with zero attached hydrogens (tertiary/aromatic N) is 4. The van der Waals surface area contributed by atoms with Crippen LogP contribution in [0, 0.1) is 5.82 Å². The van der Waals surface area contributed by atoms with Gasteiger partial charge in [-0.1, -0.05) is 35.0 Å². The minimum Gasteiger partial charge on any atom is -0.477 e. The highest BCUT2D eigenvalue weighted by atomic mass is 35.5. The van der Waals surface area contributed by atoms with Crippen LogP contribution in [-0.2, 0) is 4.84 Å². The predicted octanol–water partition coefficient (Wildman–Crippen LogP) is 4.00. The molecule has 0 amide bonds. The highest BCUT2D eigenvalue weighted by molar-refractivity contribution is 6.34. The molecule has 1 aromatic heterocycles. The summed E-state index contributed by atoms with van der Waals surface area (Å²) in [6.07, 6.45) is 3.20. The van der Waals surface area contributed by atoms with Crippen molar-refractivity contribution in [3.8, 4) is 0 Å². The lowest BCUT2D eigenvalue weighted by Crippen LogP contribution is -2.48. The molecule has 2 aliphatic rings. The molecule has 0 radical (unpaired) electrons. The van der Waals surface area contributed by atoms with Gasteiger partial charge in [-0.05, 0) is 31.0 Å². The lowest BCUT2D eigenvalue weighted by atomic mass is 10.1. The molecule has 188 valence electrons. The van der Waals surface area contributed by atoms with Gasteiger partial charge in [0.1, 0.15) is 24.2 Å². The predicted molar refractivity (Wildman–Crippen MR) is 137 cm³/mol. The fraction of sp³-hybridized carbons (Fsp3) is 0.346. The Morgan fingerprint density at radius 2 is 1.89 bits per heavy atom. The first kappa shape index (κ1) is 24.3. The van der Waals surface area contributed by atoms with Gasteiger partial charge in [0.25, 0.3) is 0 Å². The van der Waals surface area contributed by atoms with Crippen LogP contribution in [0.15, 0.2) is 52.5 Å². The van der Waals surface area contributed by atoms with Crippen LogP contribution in [0.5, 0.6) is 0 Å². The van der Waals surface area contributed by atoms with Crippen LogP contribution in [-0.4, -0.2) is 66.1 Å². The average Bonchev–Trinajstić information content (AvgIpc) is 3.70. The Morgan fingerprint density at radius 1 is 1.17 bits per heavy atom. The lowest BCUT2D eigenvalue weighted by Gasteiger charge is -2.36. The van der Waals surface area contributed by atoms with Crippen molar-refractivity contribution < 1.29 is 19.1 Å². The van der Waals surface area contributed by atoms with Crippen LogP contribution in [0.25, 0.3) is 10.9 Å². The molecule has 36 heavy (non-hydrogen) atoms. The summed E-state index contributed by atoms with van der Waals surface area (Å²) in [5, 5.41) is 14.3. The number of carbonyl (C=O) groups is 1. The largest absolute Gasteiger partial charge is 0.477 e. The van der Waals surface area contributed by atoms with Crippen LogP contribution in [0.4, 0.5) is 10.1 Å². The molecule has 8 nitrogen and oxygen atoms in total. The second-order valence-electron chi connectivity index (χ2n) is 9.10. The zero-order valence-electron chi connectivity index (χ0n) is 19.8. The molecular weight excluding hydrogens is 487 g/mol. The normalized spacial score (nSPS) is 17.0. The third-order valence-electron chi connectivity index (χ3n) is 6.74. The van der Waals surface area contributed by atoms with Crippen LogP contribution < -0.4 is 10.3 Å². The van der Waals surface area contributed by atoms with E-state index in [1.54, 1.807) is 6.07 Å². The number of benzene rings is 2. The van der Waals surface area contributed by atoms with Crippen molar-refractivity contribution in [1.82, 2.24) is 9.47 Å². The summed E-state index contributed by atoms with van der Waals surface area (Å²) < 4.78 is 17.1. The highest BCUT2D eigenvalue weighted by Gasteiger charge is 2.29. The van der Waals surface area contributed by atoms with Gasteiger partial charge in [-0.15, -0.1) is 0 Å². The standard InChI is InChI=1S/C26H26ClFN4O4/c1-36-29-22(17-4-2-3-5-20(17)27)15-30-8-10-31(11-9-30)24-13-23-18(12-21(24)28)25(33)19(26(34)35)14-32(23)16-6-7-16/h2-5,12-14,16H,6-11,15H2,1H3,(H,34,35)/b29-22-. The Labute approximate surface area is 212 Å². The Morgan fingerprint density at radius 3 is 2.53 bits per heavy atom. The molecule has 2 fully saturated rings. The highest BCUT2D eigenvalue weighted by Crippen LogP contribution is 2.38. The van der Waals surface area contributed by atoms with Gasteiger partial charge in [-0.3, -0.25) is 9.69 Å². The summed E-state index contributed by atoms with van der Waals surface area (Å²) in [6, 6.07) is 10.5. The van der Waals surface area contributed by atoms with Crippen LogP contribution >= 0.6 is 11.6 Å². The Bertz CT molecular complexity index is 1410. The summed E-state index contributed by atoms with van der Waals surface area (Å²) >= 11 is 6.36. The quantitative estimate of drug-likeness (QED) is 0.380. The van der Waals surface area contributed by atoms with E-state index < -0.39 is 17.2 Å². The van der Waals surface area contributed by atoms with Crippen molar-refractivity contribution >= 4 is 39.9 Å². The Balaban J connectivity index is 1.38. The summed E-state index contributed by atoms with van der Waals surface area (Å²) in [6.45, 7) is 3.01. The molecule has 2 heterocycles. The second kappa shape index (κ2) is 9.91. The molecule has 1 aliphatic heterocycles. The summed E-state index contributed by atoms with van der Waals surface area (Å²) in [5.41, 5.74) is 1.52. The third-order valence-corrected chi connectivity index (χ3v) is 7.07. The van der Waals surface area contributed by atoms with E-state index in [4.69, 9.17) is 16.4 Å². The van der Waals surface area contributed by atoms with E-state index in [9.17, 15) is 14.7 Å². The van der Waals surface area contributed by atoms with Gasteiger partial charge in [-0.2, -0.15) is 0 Å². The fourth-order valence-corrected chi connectivity index (χ4v) is 4.98. The van der Waals surface area contributed by atoms with Gasteiger partial charge in [-0.25, -0.2) is 9.18 Å². The molecule has 0 atom stereocenters. The van der Waals surface area contributed by atoms with Crippen LogP contribution in [0.1, 0.15) is 34.8 Å². The van der Waals surface area contributed by atoms with Gasteiger partial charge in [0, 0.05) is 60.9 Å². The smallest absolute Gasteiger partial charge is 0.341 e. The van der Waals surface area contributed by atoms with E-state index in [1.807, 2.05) is 33.7 Å². The number of pyridine rings is 1. The molecule has 0 bridgehead atoms. The zero-order valence-corrected chi connectivity index (χ0v) is 20.5. The Kier molecular flexibility index (Phi) is 6.68. The van der Waals surface area contributed by atoms with E-state index in [-0.39, 0.29) is 17.0 Å². The Hall–Kier alpha value is -3.43. The number of halogens is 2. The molecule has 1 N–H and O–H groups in total. The number of hydrogen-bond acceptors (Lipinski definition) is 6. The average molecular weight is 513 g/mol. The first-order chi connectivity index (χ1) is 17.4. The number of piperazine rings is 1. The molecule has 1 saturated heterocycles. The minimum absolute atomic E-state index is 0.0989. The molecule has 3 aromatic rings. The van der Waals surface area contributed by atoms with E-state index in [0.29, 0.717) is 49.0 Å². The van der Waals surface area contributed by atoms with Gasteiger partial charge in [0.05, 0.1) is 11.2 Å². The van der Waals surface area contributed by atoms with Crippen molar-refractivity contribution in [3.05, 3.63) is 74.8 Å². The van der Waals surface area contributed by atoms with Gasteiger partial charge >= 0.3 is 5.97 Å². The molecular formula is C26H26ClFN4O4. The van der Waals surface area contributed by atoms with Crippen LogP contribution in [0.2, 0.25) is 5.02 Å². The van der Waals surface area contributed by atoms with Crippen molar-refractivity contribution in [2.45, 2.75) is 18.9 Å². The molecule has 2 aromatic carbocycles. The number of oxime groups is 1. The fourth-order valence-electron chi connectivity index (χ4n) is 4.74. The number of fused-ring (bicyclic) bond motifs is 1. The maximum atomic E-state index is 15.2. The maximum absolute atomic E-state index is 15.2. The van der Waals surface area contributed by atoms with E-state index in [1.165, 1.54) is 19.4 Å². The van der Waals surface area contributed by atoms with E-state index in [2.05, 4.69) is 10.1 Å². The topological polar surface area (TPSA) is 87.4 Å². The number of aromatic carboxylic acids is 1. The molecule has 5 rings (SSSR count). The maximum Gasteiger partial charge on any atom is 0.341 e. The number of anilines is 1. The summed E-state index contributed by atoms with van der Waals surface area (Å²) in [4.78, 5) is 33.5. The SMILES string of the molecule is CO/N=C(/CN1CCN(c2cc3c(cc2F)c(=O)c(C(=O)O)cn3C2CC2)CC1)c1ccccc1Cl.